The van der Waals surface area contributed by atoms with Crippen LogP contribution in [0.5, 0.6) is 0 Å². The summed E-state index contributed by atoms with van der Waals surface area (Å²) in [6, 6.07) is 148. The first-order valence-corrected chi connectivity index (χ1v) is 41.4. The topological polar surface area (TPSA) is 103 Å². The predicted octanol–water partition coefficient (Wildman–Crippen LogP) is 30.3. The largest absolute Gasteiger partial charge is 0.454 e. The lowest BCUT2D eigenvalue weighted by molar-refractivity contribution is 0.668. The Kier molecular flexibility index (Phi) is 15.7. The van der Waals surface area contributed by atoms with Crippen molar-refractivity contribution >= 4 is 182 Å². The summed E-state index contributed by atoms with van der Waals surface area (Å²) in [5, 5.41) is 12.9. The summed E-state index contributed by atoms with van der Waals surface area (Å²) in [5.74, 6) is 1.39. The van der Waals surface area contributed by atoms with Gasteiger partial charge >= 0.3 is 0 Å². The van der Waals surface area contributed by atoms with E-state index < -0.39 is 0 Å². The van der Waals surface area contributed by atoms with E-state index >= 15 is 0 Å². The fourth-order valence-electron chi connectivity index (χ4n) is 19.0. The van der Waals surface area contributed by atoms with Crippen LogP contribution in [0.1, 0.15) is 0 Å². The first-order chi connectivity index (χ1) is 61.0. The molecular weight excluding hydrogens is 1510 g/mol. The van der Waals surface area contributed by atoms with Gasteiger partial charge in [-0.3, -0.25) is 0 Å². The molecule has 0 aliphatic carbocycles. The lowest BCUT2D eigenvalue weighted by atomic mass is 10.1. The minimum absolute atomic E-state index is 0.462. The molecule has 12 nitrogen and oxygen atoms in total. The highest BCUT2D eigenvalue weighted by molar-refractivity contribution is 6.17. The number of nitrogens with zero attached hydrogens (tertiary/aromatic N) is 9. The van der Waals surface area contributed by atoms with Crippen LogP contribution in [0.4, 0.5) is 51.2 Å². The van der Waals surface area contributed by atoms with Crippen LogP contribution >= 0.6 is 0 Å². The van der Waals surface area contributed by atoms with E-state index in [1.54, 1.807) is 0 Å². The van der Waals surface area contributed by atoms with Crippen LogP contribution < -0.4 is 14.7 Å². The number of aromatic nitrogens is 6. The van der Waals surface area contributed by atoms with Gasteiger partial charge in [0.2, 0.25) is 0 Å². The summed E-state index contributed by atoms with van der Waals surface area (Å²) >= 11 is 0. The van der Waals surface area contributed by atoms with Gasteiger partial charge in [-0.2, -0.15) is 0 Å². The molecule has 0 N–H and O–H groups in total. The number of rotatable bonds is 15. The molecule has 0 fully saturated rings. The average molecular weight is 1580 g/mol. The van der Waals surface area contributed by atoms with Crippen molar-refractivity contribution in [2.75, 3.05) is 14.7 Å². The Morgan fingerprint density at radius 2 is 0.423 bits per heavy atom. The van der Waals surface area contributed by atoms with Gasteiger partial charge in [0.25, 0.3) is 0 Å². The zero-order valence-corrected chi connectivity index (χ0v) is 66.1. The van der Waals surface area contributed by atoms with Gasteiger partial charge in [0.1, 0.15) is 16.7 Å². The van der Waals surface area contributed by atoms with Crippen molar-refractivity contribution in [3.63, 3.8) is 0 Å². The minimum atomic E-state index is 0.462. The molecule has 0 spiro atoms. The number of para-hydroxylation sites is 12. The number of fused-ring (bicyclic) bond motifs is 18. The van der Waals surface area contributed by atoms with E-state index in [2.05, 4.69) is 411 Å². The van der Waals surface area contributed by atoms with Crippen molar-refractivity contribution in [2.24, 2.45) is 0 Å². The van der Waals surface area contributed by atoms with E-state index in [1.807, 2.05) is 36.4 Å². The molecule has 0 atom stereocenters. The molecule has 25 aromatic rings. The Labute approximate surface area is 704 Å². The van der Waals surface area contributed by atoms with Gasteiger partial charge in [-0.25, -0.2) is 15.0 Å². The maximum atomic E-state index is 7.02. The molecule has 0 aliphatic rings. The molecule has 123 heavy (non-hydrogen) atoms. The number of hydrogen-bond acceptors (Lipinski definition) is 9. The second kappa shape index (κ2) is 27.9. The van der Waals surface area contributed by atoms with E-state index in [9.17, 15) is 0 Å². The van der Waals surface area contributed by atoms with E-state index in [4.69, 9.17) is 28.2 Å². The summed E-state index contributed by atoms with van der Waals surface area (Å²) < 4.78 is 28.1. The molecule has 25 rings (SSSR count). The van der Waals surface area contributed by atoms with Gasteiger partial charge in [-0.05, 0) is 182 Å². The predicted molar refractivity (Wildman–Crippen MR) is 505 cm³/mol. The average Bonchev–Trinajstić information content (AvgIpc) is 1.60. The van der Waals surface area contributed by atoms with Gasteiger partial charge in [0.05, 0.1) is 50.2 Å². The van der Waals surface area contributed by atoms with Gasteiger partial charge in [0, 0.05) is 133 Å². The van der Waals surface area contributed by atoms with Crippen LogP contribution in [-0.2, 0) is 0 Å². The first kappa shape index (κ1) is 69.3. The zero-order chi connectivity index (χ0) is 80.7. The summed E-state index contributed by atoms with van der Waals surface area (Å²) in [6.07, 6.45) is 0. The fraction of sp³-hybridized carbons (Fsp3) is 0. The molecule has 12 heteroatoms. The van der Waals surface area contributed by atoms with Crippen LogP contribution in [-0.4, -0.2) is 28.7 Å². The number of furan rings is 3. The lowest BCUT2D eigenvalue weighted by Crippen LogP contribution is -2.11. The molecule has 0 saturated carbocycles. The molecule has 0 aliphatic heterocycles. The fourth-order valence-corrected chi connectivity index (χ4v) is 19.0. The highest BCUT2D eigenvalue weighted by Crippen LogP contribution is 2.51. The van der Waals surface area contributed by atoms with Crippen molar-refractivity contribution in [1.29, 1.82) is 0 Å². The molecule has 7 aromatic heterocycles. The molecular formula is C111H69N9O3. The summed E-state index contributed by atoms with van der Waals surface area (Å²) in [4.78, 5) is 24.1. The smallest absolute Gasteiger partial charge is 0.164 e. The van der Waals surface area contributed by atoms with Crippen LogP contribution in [0.25, 0.3) is 182 Å². The highest BCUT2D eigenvalue weighted by Gasteiger charge is 2.29. The second-order valence-electron chi connectivity index (χ2n) is 31.4. The molecule has 576 valence electrons. The third kappa shape index (κ3) is 11.2. The van der Waals surface area contributed by atoms with E-state index in [1.165, 1.54) is 0 Å². The van der Waals surface area contributed by atoms with Crippen LogP contribution in [0.2, 0.25) is 0 Å². The van der Waals surface area contributed by atoms with Crippen molar-refractivity contribution in [3.8, 4) is 51.2 Å². The molecule has 7 heterocycles. The van der Waals surface area contributed by atoms with Crippen molar-refractivity contribution in [1.82, 2.24) is 28.7 Å². The van der Waals surface area contributed by atoms with Crippen molar-refractivity contribution in [3.05, 3.63) is 419 Å². The number of hydrogen-bond donors (Lipinski definition) is 0. The third-order valence-corrected chi connectivity index (χ3v) is 24.4. The van der Waals surface area contributed by atoms with Gasteiger partial charge in [-0.1, -0.05) is 237 Å². The Balaban J connectivity index is 0.708. The lowest BCUT2D eigenvalue weighted by Gasteiger charge is -2.26. The first-order valence-electron chi connectivity index (χ1n) is 41.4. The summed E-state index contributed by atoms with van der Waals surface area (Å²) in [6.45, 7) is 0. The quantitative estimate of drug-likeness (QED) is 0.0993. The van der Waals surface area contributed by atoms with E-state index in [-0.39, 0.29) is 0 Å². The Morgan fingerprint density at radius 3 is 0.732 bits per heavy atom. The third-order valence-electron chi connectivity index (χ3n) is 24.4. The van der Waals surface area contributed by atoms with E-state index in [0.717, 1.165) is 216 Å². The Bertz CT molecular complexity index is 7770. The number of anilines is 9. The normalized spacial score (nSPS) is 11.9. The van der Waals surface area contributed by atoms with Crippen LogP contribution in [0.3, 0.4) is 0 Å². The maximum Gasteiger partial charge on any atom is 0.164 e. The zero-order valence-electron chi connectivity index (χ0n) is 66.1. The van der Waals surface area contributed by atoms with Crippen LogP contribution in [0, 0.1) is 0 Å². The van der Waals surface area contributed by atoms with Gasteiger partial charge < -0.3 is 41.7 Å². The Hall–Kier alpha value is -16.8. The molecule has 0 radical (unpaired) electrons. The molecule has 0 saturated heterocycles. The van der Waals surface area contributed by atoms with Crippen LogP contribution in [0.15, 0.2) is 432 Å². The van der Waals surface area contributed by atoms with Crippen molar-refractivity contribution < 1.29 is 13.3 Å². The Morgan fingerprint density at radius 1 is 0.179 bits per heavy atom. The van der Waals surface area contributed by atoms with Gasteiger partial charge in [0.15, 0.2) is 34.2 Å². The van der Waals surface area contributed by atoms with Gasteiger partial charge in [-0.15, -0.1) is 0 Å². The summed E-state index contributed by atoms with van der Waals surface area (Å²) in [5.41, 5.74) is 24.8. The maximum absolute atomic E-state index is 7.02. The molecule has 0 amide bonds. The van der Waals surface area contributed by atoms with E-state index in [0.29, 0.717) is 17.5 Å². The monoisotopic (exact) mass is 1580 g/mol. The molecule has 0 unspecified atom stereocenters. The number of benzene rings is 18. The molecule has 18 aromatic carbocycles. The second-order valence-corrected chi connectivity index (χ2v) is 31.4. The van der Waals surface area contributed by atoms with Crippen molar-refractivity contribution in [2.45, 2.75) is 0 Å². The minimum Gasteiger partial charge on any atom is -0.454 e. The standard InChI is InChI=1S/C111H69N9O3/c1-4-31-73(32-5-1)118-94-49-16-10-40-82(94)91-67-79(58-61-97(91)118)115(100-52-25-46-88-85-43-13-19-55-103(85)121-106(88)100)76-37-22-28-70(64-76)109-112-110(71-29-23-38-77(65-71)116(101-53-26-47-89-86-44-14-20-56-104(86)122-107(89)101)80-59-62-98-92(68-80)83-41-11-17-50-95(83)119(98)74-33-6-2-7-34-74)114-111(113-109)72-30-24-39-78(66-72)117(102-54-27-48-90-87-45-15-21-57-105(87)123-108(90)102)81-60-63-99-93(69-81)84-42-12-18-51-96(84)120(99)75-35-8-3-9-36-75/h1-69H. The molecule has 0 bridgehead atoms. The summed E-state index contributed by atoms with van der Waals surface area (Å²) in [7, 11) is 0. The highest BCUT2D eigenvalue weighted by atomic mass is 16.3. The SMILES string of the molecule is c1ccc(-n2c3ccccc3c3cc(N(c4cccc(-c5nc(-c6cccc(N(c7ccc8c(c7)c7ccccc7n8-c7ccccc7)c7cccc8c7oc7ccccc78)c6)nc(-c6cccc(N(c7ccc8c(c7)c7ccccc7n8-c7ccccc7)c7cccc8c7oc7ccccc78)c6)n5)c4)c4cccc5c4oc4ccccc45)ccc32)cc1.